The number of carbonyl (C=O) groups is 1. The molecule has 1 aliphatic carbocycles. The summed E-state index contributed by atoms with van der Waals surface area (Å²) in [5, 5.41) is 3.76. The van der Waals surface area contributed by atoms with Crippen molar-refractivity contribution in [3.63, 3.8) is 0 Å². The lowest BCUT2D eigenvalue weighted by molar-refractivity contribution is -0.129. The molecule has 0 unspecified atom stereocenters. The van der Waals surface area contributed by atoms with Crippen LogP contribution in [0.25, 0.3) is 0 Å². The van der Waals surface area contributed by atoms with Gasteiger partial charge in [0.15, 0.2) is 0 Å². The van der Waals surface area contributed by atoms with Gasteiger partial charge in [-0.3, -0.25) is 4.79 Å². The van der Waals surface area contributed by atoms with Crippen LogP contribution in [0, 0.1) is 0 Å². The van der Waals surface area contributed by atoms with Crippen molar-refractivity contribution in [2.45, 2.75) is 56.2 Å². The molecular formula is C14H26N2OS. The average molecular weight is 270 g/mol. The molecule has 1 saturated heterocycles. The van der Waals surface area contributed by atoms with Gasteiger partial charge in [-0.2, -0.15) is 11.8 Å². The Balaban J connectivity index is 1.73. The lowest BCUT2D eigenvalue weighted by atomic mass is 10.0. The van der Waals surface area contributed by atoms with E-state index in [0.29, 0.717) is 10.8 Å². The minimum absolute atomic E-state index is 0.227. The Morgan fingerprint density at radius 3 is 2.44 bits per heavy atom. The summed E-state index contributed by atoms with van der Waals surface area (Å²) in [6, 6.07) is 0.616. The first-order chi connectivity index (χ1) is 8.65. The average Bonchev–Trinajstić information content (AvgIpc) is 2.86. The number of hydrogen-bond acceptors (Lipinski definition) is 3. The molecule has 4 heteroatoms. The molecule has 2 rings (SSSR count). The highest BCUT2D eigenvalue weighted by Gasteiger charge is 2.33. The van der Waals surface area contributed by atoms with Crippen LogP contribution in [0.15, 0.2) is 0 Å². The fourth-order valence-electron chi connectivity index (χ4n) is 3.20. The molecule has 104 valence electrons. The molecule has 3 nitrogen and oxygen atoms in total. The fourth-order valence-corrected chi connectivity index (χ4v) is 4.13. The lowest BCUT2D eigenvalue weighted by Gasteiger charge is -2.35. The minimum Gasteiger partial charge on any atom is -0.343 e. The Kier molecular flexibility index (Phi) is 4.96. The number of nitrogens with one attached hydrogen (secondary N) is 1. The molecule has 1 N–H and O–H groups in total. The van der Waals surface area contributed by atoms with Crippen LogP contribution in [0.2, 0.25) is 0 Å². The van der Waals surface area contributed by atoms with Crippen LogP contribution in [-0.2, 0) is 4.79 Å². The van der Waals surface area contributed by atoms with E-state index >= 15 is 0 Å². The van der Waals surface area contributed by atoms with Gasteiger partial charge in [-0.05, 0) is 31.9 Å². The van der Waals surface area contributed by atoms with Gasteiger partial charge in [0, 0.05) is 37.3 Å². The monoisotopic (exact) mass is 270 g/mol. The largest absolute Gasteiger partial charge is 0.343 e. The smallest absolute Gasteiger partial charge is 0.219 e. The van der Waals surface area contributed by atoms with Gasteiger partial charge < -0.3 is 10.2 Å². The van der Waals surface area contributed by atoms with Crippen LogP contribution in [0.5, 0.6) is 0 Å². The maximum absolute atomic E-state index is 11.3. The maximum Gasteiger partial charge on any atom is 0.219 e. The van der Waals surface area contributed by atoms with Crippen LogP contribution < -0.4 is 5.32 Å². The van der Waals surface area contributed by atoms with Crippen LogP contribution in [0.3, 0.4) is 0 Å². The van der Waals surface area contributed by atoms with Crippen LogP contribution in [0.4, 0.5) is 0 Å². The number of likely N-dealkylation sites (tertiary alicyclic amines) is 1. The van der Waals surface area contributed by atoms with Gasteiger partial charge in [0.1, 0.15) is 0 Å². The first-order valence-corrected chi connectivity index (χ1v) is 8.42. The van der Waals surface area contributed by atoms with Crippen molar-refractivity contribution in [3.8, 4) is 0 Å². The van der Waals surface area contributed by atoms with Crippen molar-refractivity contribution < 1.29 is 4.79 Å². The molecule has 0 atom stereocenters. The molecule has 0 aromatic rings. The second-order valence-corrected chi connectivity index (χ2v) is 7.03. The molecule has 1 saturated carbocycles. The summed E-state index contributed by atoms with van der Waals surface area (Å²) in [6.07, 6.45) is 10.0. The summed E-state index contributed by atoms with van der Waals surface area (Å²) < 4.78 is 0.498. The first-order valence-electron chi connectivity index (χ1n) is 7.19. The second kappa shape index (κ2) is 6.29. The van der Waals surface area contributed by atoms with Gasteiger partial charge in [-0.1, -0.05) is 12.8 Å². The van der Waals surface area contributed by atoms with E-state index in [0.717, 1.165) is 32.5 Å². The third-order valence-corrected chi connectivity index (χ3v) is 6.02. The van der Waals surface area contributed by atoms with Gasteiger partial charge in [0.25, 0.3) is 0 Å². The lowest BCUT2D eigenvalue weighted by Crippen LogP contribution is -2.47. The first kappa shape index (κ1) is 14.2. The Hall–Kier alpha value is -0.220. The van der Waals surface area contributed by atoms with E-state index in [2.05, 4.69) is 11.6 Å². The van der Waals surface area contributed by atoms with E-state index in [9.17, 15) is 4.79 Å². The Morgan fingerprint density at radius 2 is 1.94 bits per heavy atom. The van der Waals surface area contributed by atoms with E-state index in [1.165, 1.54) is 25.7 Å². The highest BCUT2D eigenvalue weighted by molar-refractivity contribution is 8.00. The molecule has 0 radical (unpaired) electrons. The molecule has 0 aromatic heterocycles. The molecular weight excluding hydrogens is 244 g/mol. The molecule has 18 heavy (non-hydrogen) atoms. The number of nitrogens with zero attached hydrogens (tertiary/aromatic N) is 1. The summed E-state index contributed by atoms with van der Waals surface area (Å²) in [5.74, 6) is 0.227. The SMILES string of the molecule is CSC1(CNC2CCN(C(C)=O)CC2)CCCC1. The van der Waals surface area contributed by atoms with Crippen LogP contribution >= 0.6 is 11.8 Å². The molecule has 2 fully saturated rings. The fraction of sp³-hybridized carbons (Fsp3) is 0.929. The zero-order valence-electron chi connectivity index (χ0n) is 11.7. The van der Waals surface area contributed by atoms with Crippen molar-refractivity contribution in [3.05, 3.63) is 0 Å². The quantitative estimate of drug-likeness (QED) is 0.850. The predicted octanol–water partition coefficient (Wildman–Crippen LogP) is 2.26. The third kappa shape index (κ3) is 3.41. The van der Waals surface area contributed by atoms with Crippen molar-refractivity contribution >= 4 is 17.7 Å². The van der Waals surface area contributed by atoms with Gasteiger partial charge >= 0.3 is 0 Å². The van der Waals surface area contributed by atoms with Gasteiger partial charge in [0.2, 0.25) is 5.91 Å². The molecule has 1 heterocycles. The van der Waals surface area contributed by atoms with Gasteiger partial charge in [-0.25, -0.2) is 0 Å². The molecule has 1 aliphatic heterocycles. The Bertz CT molecular complexity index is 282. The van der Waals surface area contributed by atoms with Crippen molar-refractivity contribution in [1.29, 1.82) is 0 Å². The van der Waals surface area contributed by atoms with Crippen LogP contribution in [-0.4, -0.2) is 47.5 Å². The van der Waals surface area contributed by atoms with Crippen molar-refractivity contribution in [2.24, 2.45) is 0 Å². The number of amides is 1. The Morgan fingerprint density at radius 1 is 1.33 bits per heavy atom. The predicted molar refractivity (Wildman–Crippen MR) is 78.0 cm³/mol. The van der Waals surface area contributed by atoms with E-state index in [1.54, 1.807) is 6.92 Å². The molecule has 0 aromatic carbocycles. The third-order valence-electron chi connectivity index (χ3n) is 4.60. The number of hydrogen-bond donors (Lipinski definition) is 1. The van der Waals surface area contributed by atoms with E-state index in [-0.39, 0.29) is 5.91 Å². The van der Waals surface area contributed by atoms with E-state index < -0.39 is 0 Å². The zero-order valence-corrected chi connectivity index (χ0v) is 12.5. The maximum atomic E-state index is 11.3. The van der Waals surface area contributed by atoms with E-state index in [1.807, 2.05) is 16.7 Å². The summed E-state index contributed by atoms with van der Waals surface area (Å²) in [4.78, 5) is 13.2. The summed E-state index contributed by atoms with van der Waals surface area (Å²) >= 11 is 2.05. The number of rotatable bonds is 4. The highest BCUT2D eigenvalue weighted by Crippen LogP contribution is 2.39. The number of carbonyl (C=O) groups excluding carboxylic acids is 1. The number of piperidine rings is 1. The molecule has 1 amide bonds. The number of thioether (sulfide) groups is 1. The normalized spacial score (nSPS) is 24.4. The minimum atomic E-state index is 0.227. The molecule has 0 bridgehead atoms. The van der Waals surface area contributed by atoms with Crippen molar-refractivity contribution in [2.75, 3.05) is 25.9 Å². The second-order valence-electron chi connectivity index (χ2n) is 5.76. The van der Waals surface area contributed by atoms with Gasteiger partial charge in [0.05, 0.1) is 0 Å². The summed E-state index contributed by atoms with van der Waals surface area (Å²) in [5.41, 5.74) is 0. The van der Waals surface area contributed by atoms with E-state index in [4.69, 9.17) is 0 Å². The highest BCUT2D eigenvalue weighted by atomic mass is 32.2. The summed E-state index contributed by atoms with van der Waals surface area (Å²) in [6.45, 7) is 4.69. The Labute approximate surface area is 115 Å². The molecule has 0 spiro atoms. The van der Waals surface area contributed by atoms with Crippen molar-refractivity contribution in [1.82, 2.24) is 10.2 Å². The van der Waals surface area contributed by atoms with Gasteiger partial charge in [-0.15, -0.1) is 0 Å². The zero-order chi connectivity index (χ0) is 13.0. The molecule has 2 aliphatic rings. The van der Waals surface area contributed by atoms with Crippen LogP contribution in [0.1, 0.15) is 45.4 Å². The summed E-state index contributed by atoms with van der Waals surface area (Å²) in [7, 11) is 0. The topological polar surface area (TPSA) is 32.3 Å². The standard InChI is InChI=1S/C14H26N2OS/c1-12(17)16-9-5-13(6-10-16)15-11-14(18-2)7-3-4-8-14/h13,15H,3-11H2,1-2H3.